The van der Waals surface area contributed by atoms with Gasteiger partial charge < -0.3 is 16.4 Å². The highest BCUT2D eigenvalue weighted by molar-refractivity contribution is 8.01. The molecule has 2 rings (SSSR count). The summed E-state index contributed by atoms with van der Waals surface area (Å²) in [6, 6.07) is -0.471. The van der Waals surface area contributed by atoms with Crippen LogP contribution in [0.3, 0.4) is 0 Å². The number of amides is 2. The third kappa shape index (κ3) is 3.57. The van der Waals surface area contributed by atoms with Crippen LogP contribution in [0.2, 0.25) is 0 Å². The molecular formula is C10H15N5O2S2. The van der Waals surface area contributed by atoms with E-state index >= 15 is 0 Å². The molecule has 104 valence electrons. The van der Waals surface area contributed by atoms with Crippen LogP contribution in [-0.4, -0.2) is 45.3 Å². The Labute approximate surface area is 118 Å². The Balaban J connectivity index is 1.92. The SMILES string of the molecule is NC(=O)[C@@H]1CCCCN1C(=O)CSc1nnc(N)s1. The Morgan fingerprint density at radius 1 is 1.42 bits per heavy atom. The van der Waals surface area contributed by atoms with Crippen molar-refractivity contribution in [3.63, 3.8) is 0 Å². The molecular weight excluding hydrogens is 286 g/mol. The zero-order chi connectivity index (χ0) is 13.8. The minimum absolute atomic E-state index is 0.0951. The van der Waals surface area contributed by atoms with Crippen LogP contribution >= 0.6 is 23.1 Å². The first kappa shape index (κ1) is 14.1. The Hall–Kier alpha value is -1.35. The van der Waals surface area contributed by atoms with Gasteiger partial charge in [0.05, 0.1) is 5.75 Å². The molecule has 0 bridgehead atoms. The molecule has 1 fully saturated rings. The van der Waals surface area contributed by atoms with Gasteiger partial charge in [-0.05, 0) is 19.3 Å². The second-order valence-corrected chi connectivity index (χ2v) is 6.43. The average Bonchev–Trinajstić information content (AvgIpc) is 2.81. The first-order valence-electron chi connectivity index (χ1n) is 5.88. The van der Waals surface area contributed by atoms with Gasteiger partial charge in [0, 0.05) is 6.54 Å². The van der Waals surface area contributed by atoms with E-state index in [1.165, 1.54) is 23.1 Å². The molecule has 9 heteroatoms. The van der Waals surface area contributed by atoms with Crippen LogP contribution in [0.1, 0.15) is 19.3 Å². The van der Waals surface area contributed by atoms with Crippen molar-refractivity contribution >= 4 is 40.0 Å². The number of aromatic nitrogens is 2. The van der Waals surface area contributed by atoms with E-state index in [4.69, 9.17) is 11.5 Å². The fraction of sp³-hybridized carbons (Fsp3) is 0.600. The maximum absolute atomic E-state index is 12.1. The van der Waals surface area contributed by atoms with E-state index in [1.54, 1.807) is 4.90 Å². The van der Waals surface area contributed by atoms with E-state index in [-0.39, 0.29) is 11.7 Å². The van der Waals surface area contributed by atoms with Gasteiger partial charge in [-0.15, -0.1) is 10.2 Å². The van der Waals surface area contributed by atoms with Crippen LogP contribution in [0.5, 0.6) is 0 Å². The maximum atomic E-state index is 12.1. The van der Waals surface area contributed by atoms with Gasteiger partial charge >= 0.3 is 0 Å². The Morgan fingerprint density at radius 2 is 2.21 bits per heavy atom. The van der Waals surface area contributed by atoms with Crippen LogP contribution in [0.25, 0.3) is 0 Å². The molecule has 0 unspecified atom stereocenters. The summed E-state index contributed by atoms with van der Waals surface area (Å²) in [5, 5.41) is 7.89. The first-order valence-corrected chi connectivity index (χ1v) is 7.68. The molecule has 0 spiro atoms. The number of nitrogens with zero attached hydrogens (tertiary/aromatic N) is 3. The van der Waals surface area contributed by atoms with Gasteiger partial charge in [-0.1, -0.05) is 23.1 Å². The minimum atomic E-state index is -0.471. The predicted molar refractivity (Wildman–Crippen MR) is 73.6 cm³/mol. The molecule has 19 heavy (non-hydrogen) atoms. The standard InChI is InChI=1S/C10H15N5O2S2/c11-8(17)6-3-1-2-4-15(6)7(16)5-18-10-14-13-9(12)19-10/h6H,1-5H2,(H2,11,17)(H2,12,13)/t6-/m0/s1. The van der Waals surface area contributed by atoms with Gasteiger partial charge in [0.2, 0.25) is 16.9 Å². The number of primary amides is 1. The zero-order valence-corrected chi connectivity index (χ0v) is 11.9. The molecule has 7 nitrogen and oxygen atoms in total. The Morgan fingerprint density at radius 3 is 2.84 bits per heavy atom. The van der Waals surface area contributed by atoms with E-state index in [2.05, 4.69) is 10.2 Å². The van der Waals surface area contributed by atoms with Crippen LogP contribution in [-0.2, 0) is 9.59 Å². The van der Waals surface area contributed by atoms with Crippen molar-refractivity contribution in [3.8, 4) is 0 Å². The molecule has 1 atom stereocenters. The van der Waals surface area contributed by atoms with Crippen molar-refractivity contribution < 1.29 is 9.59 Å². The Kier molecular flexibility index (Phi) is 4.59. The zero-order valence-electron chi connectivity index (χ0n) is 10.2. The highest BCUT2D eigenvalue weighted by atomic mass is 32.2. The largest absolute Gasteiger partial charge is 0.374 e. The summed E-state index contributed by atoms with van der Waals surface area (Å²) in [4.78, 5) is 25.0. The average molecular weight is 301 g/mol. The lowest BCUT2D eigenvalue weighted by Crippen LogP contribution is -2.51. The van der Waals surface area contributed by atoms with Gasteiger partial charge in [-0.25, -0.2) is 0 Å². The number of hydrogen-bond acceptors (Lipinski definition) is 7. The number of carbonyl (C=O) groups is 2. The third-order valence-corrected chi connectivity index (χ3v) is 4.76. The normalized spacial score (nSPS) is 19.4. The van der Waals surface area contributed by atoms with Gasteiger partial charge in [0.1, 0.15) is 6.04 Å². The van der Waals surface area contributed by atoms with Gasteiger partial charge in [-0.3, -0.25) is 9.59 Å². The molecule has 1 aromatic heterocycles. The van der Waals surface area contributed by atoms with Gasteiger partial charge in [0.15, 0.2) is 4.34 Å². The van der Waals surface area contributed by atoms with E-state index in [0.717, 1.165) is 12.8 Å². The molecule has 2 heterocycles. The summed E-state index contributed by atoms with van der Waals surface area (Å²) < 4.78 is 0.651. The summed E-state index contributed by atoms with van der Waals surface area (Å²) in [7, 11) is 0. The lowest BCUT2D eigenvalue weighted by molar-refractivity contribution is -0.138. The topological polar surface area (TPSA) is 115 Å². The van der Waals surface area contributed by atoms with Crippen LogP contribution in [0, 0.1) is 0 Å². The molecule has 0 radical (unpaired) electrons. The lowest BCUT2D eigenvalue weighted by Gasteiger charge is -2.33. The fourth-order valence-corrected chi connectivity index (χ4v) is 3.53. The lowest BCUT2D eigenvalue weighted by atomic mass is 10.0. The molecule has 2 amide bonds. The Bertz CT molecular complexity index is 478. The molecule has 0 aliphatic carbocycles. The summed E-state index contributed by atoms with van der Waals surface area (Å²) in [5.74, 6) is -0.307. The van der Waals surface area contributed by atoms with Gasteiger partial charge in [-0.2, -0.15) is 0 Å². The van der Waals surface area contributed by atoms with Crippen molar-refractivity contribution in [2.45, 2.75) is 29.6 Å². The van der Waals surface area contributed by atoms with Crippen molar-refractivity contribution in [2.24, 2.45) is 5.73 Å². The third-order valence-electron chi connectivity index (χ3n) is 2.89. The first-order chi connectivity index (χ1) is 9.08. The number of carbonyl (C=O) groups excluding carboxylic acids is 2. The molecule has 1 aromatic rings. The quantitative estimate of drug-likeness (QED) is 0.761. The summed E-state index contributed by atoms with van der Waals surface area (Å²) >= 11 is 2.52. The van der Waals surface area contributed by atoms with E-state index in [1.807, 2.05) is 0 Å². The number of anilines is 1. The van der Waals surface area contributed by atoms with E-state index in [9.17, 15) is 9.59 Å². The molecule has 4 N–H and O–H groups in total. The number of thioether (sulfide) groups is 1. The number of likely N-dealkylation sites (tertiary alicyclic amines) is 1. The maximum Gasteiger partial charge on any atom is 0.240 e. The fourth-order valence-electron chi connectivity index (χ4n) is 2.01. The second kappa shape index (κ2) is 6.20. The van der Waals surface area contributed by atoms with Crippen LogP contribution < -0.4 is 11.5 Å². The van der Waals surface area contributed by atoms with Gasteiger partial charge in [0.25, 0.3) is 0 Å². The summed E-state index contributed by atoms with van der Waals surface area (Å²) in [6.07, 6.45) is 2.49. The van der Waals surface area contributed by atoms with Crippen molar-refractivity contribution in [2.75, 3.05) is 18.0 Å². The van der Waals surface area contributed by atoms with E-state index < -0.39 is 11.9 Å². The van der Waals surface area contributed by atoms with Crippen molar-refractivity contribution in [1.82, 2.24) is 15.1 Å². The number of nitrogens with two attached hydrogens (primary N) is 2. The number of nitrogen functional groups attached to an aromatic ring is 1. The summed E-state index contributed by atoms with van der Waals surface area (Å²) in [5.41, 5.74) is 10.8. The summed E-state index contributed by atoms with van der Waals surface area (Å²) in [6.45, 7) is 0.589. The van der Waals surface area contributed by atoms with Crippen molar-refractivity contribution in [3.05, 3.63) is 0 Å². The molecule has 1 saturated heterocycles. The monoisotopic (exact) mass is 301 g/mol. The highest BCUT2D eigenvalue weighted by Gasteiger charge is 2.30. The molecule has 1 aliphatic rings. The highest BCUT2D eigenvalue weighted by Crippen LogP contribution is 2.25. The van der Waals surface area contributed by atoms with E-state index in [0.29, 0.717) is 22.4 Å². The predicted octanol–water partition coefficient (Wildman–Crippen LogP) is 0.0788. The van der Waals surface area contributed by atoms with Crippen molar-refractivity contribution in [1.29, 1.82) is 0 Å². The minimum Gasteiger partial charge on any atom is -0.374 e. The second-order valence-electron chi connectivity index (χ2n) is 4.20. The number of piperidine rings is 1. The van der Waals surface area contributed by atoms with Crippen LogP contribution in [0.15, 0.2) is 4.34 Å². The molecule has 1 aliphatic heterocycles. The van der Waals surface area contributed by atoms with Crippen LogP contribution in [0.4, 0.5) is 5.13 Å². The smallest absolute Gasteiger partial charge is 0.240 e. The number of hydrogen-bond donors (Lipinski definition) is 2. The number of rotatable bonds is 4. The molecule has 0 aromatic carbocycles. The molecule has 0 saturated carbocycles.